The number of hydrogen-bond donors (Lipinski definition) is 0. The summed E-state index contributed by atoms with van der Waals surface area (Å²) in [5.74, 6) is 4.47. The van der Waals surface area contributed by atoms with E-state index in [0.29, 0.717) is 10.8 Å². The topological polar surface area (TPSA) is 0 Å². The molecular weight excluding hydrogens is 332 g/mol. The molecule has 26 heavy (non-hydrogen) atoms. The second-order valence-electron chi connectivity index (χ2n) is 10.4. The van der Waals surface area contributed by atoms with Crippen LogP contribution in [-0.4, -0.2) is 5.25 Å². The van der Waals surface area contributed by atoms with Crippen LogP contribution in [0.3, 0.4) is 0 Å². The third-order valence-corrected chi connectivity index (χ3v) is 10.9. The van der Waals surface area contributed by atoms with Crippen LogP contribution in [-0.2, 0) is 0 Å². The molecule has 0 aromatic carbocycles. The number of allylic oxidation sites excluding steroid dienone is 3. The van der Waals surface area contributed by atoms with E-state index in [1.807, 2.05) is 0 Å². The molecule has 4 aliphatic rings. The van der Waals surface area contributed by atoms with Gasteiger partial charge in [-0.3, -0.25) is 0 Å². The van der Waals surface area contributed by atoms with E-state index in [0.717, 1.165) is 34.8 Å². The highest BCUT2D eigenvalue weighted by atomic mass is 32.2. The first-order valence-electron chi connectivity index (χ1n) is 11.3. The van der Waals surface area contributed by atoms with Gasteiger partial charge < -0.3 is 0 Å². The van der Waals surface area contributed by atoms with Crippen LogP contribution >= 0.6 is 11.8 Å². The molecule has 4 rings (SSSR count). The molecule has 0 aromatic rings. The second-order valence-corrected chi connectivity index (χ2v) is 11.6. The fraction of sp³-hybridized carbons (Fsp3) is 0.840. The summed E-state index contributed by atoms with van der Waals surface area (Å²) in [6.07, 6.45) is 10.6. The van der Waals surface area contributed by atoms with Gasteiger partial charge in [0.15, 0.2) is 0 Å². The van der Waals surface area contributed by atoms with E-state index in [9.17, 15) is 0 Å². The molecule has 3 fully saturated rings. The van der Waals surface area contributed by atoms with Crippen molar-refractivity contribution in [3.05, 3.63) is 23.1 Å². The predicted octanol–water partition coefficient (Wildman–Crippen LogP) is 8.10. The largest absolute Gasteiger partial charge is 0.126 e. The molecule has 148 valence electrons. The third-order valence-electron chi connectivity index (χ3n) is 9.18. The summed E-state index contributed by atoms with van der Waals surface area (Å²) in [5.41, 5.74) is 2.41. The van der Waals surface area contributed by atoms with Crippen molar-refractivity contribution in [1.29, 1.82) is 0 Å². The molecule has 1 saturated heterocycles. The van der Waals surface area contributed by atoms with Crippen molar-refractivity contribution in [3.8, 4) is 0 Å². The average Bonchev–Trinajstić information content (AvgIpc) is 2.99. The lowest BCUT2D eigenvalue weighted by Crippen LogP contribution is -2.46. The molecule has 1 aliphatic heterocycles. The molecule has 0 amide bonds. The van der Waals surface area contributed by atoms with Crippen molar-refractivity contribution in [3.63, 3.8) is 0 Å². The number of fused-ring (bicyclic) bond motifs is 5. The zero-order valence-corrected chi connectivity index (χ0v) is 19.2. The number of hydrogen-bond acceptors (Lipinski definition) is 1. The molecule has 2 saturated carbocycles. The smallest absolute Gasteiger partial charge is 0.0164 e. The molecule has 1 heterocycles. The lowest BCUT2D eigenvalue weighted by atomic mass is 9.56. The van der Waals surface area contributed by atoms with Gasteiger partial charge in [0.2, 0.25) is 0 Å². The number of thioether (sulfide) groups is 1. The summed E-state index contributed by atoms with van der Waals surface area (Å²) in [5, 5.41) is 0.864. The molecule has 0 bridgehead atoms. The first-order chi connectivity index (χ1) is 12.2. The zero-order chi connectivity index (χ0) is 19.3. The second kappa shape index (κ2) is 7.34. The minimum Gasteiger partial charge on any atom is -0.126 e. The van der Waals surface area contributed by atoms with E-state index < -0.39 is 0 Å². The van der Waals surface area contributed by atoms with Gasteiger partial charge in [-0.15, -0.1) is 11.8 Å². The van der Waals surface area contributed by atoms with Crippen LogP contribution in [0.25, 0.3) is 0 Å². The number of rotatable bonds is 1. The maximum atomic E-state index is 4.25. The minimum atomic E-state index is 0.465. The summed E-state index contributed by atoms with van der Waals surface area (Å²) in [6, 6.07) is 0. The van der Waals surface area contributed by atoms with Gasteiger partial charge in [-0.05, 0) is 71.7 Å². The molecule has 0 spiro atoms. The molecule has 0 nitrogen and oxygen atoms in total. The Labute approximate surface area is 167 Å². The van der Waals surface area contributed by atoms with E-state index in [4.69, 9.17) is 0 Å². The van der Waals surface area contributed by atoms with E-state index in [2.05, 4.69) is 72.9 Å². The van der Waals surface area contributed by atoms with Gasteiger partial charge in [-0.2, -0.15) is 0 Å². The highest BCUT2D eigenvalue weighted by Crippen LogP contribution is 2.71. The van der Waals surface area contributed by atoms with E-state index in [1.165, 1.54) is 44.1 Å². The van der Waals surface area contributed by atoms with Crippen LogP contribution in [0.15, 0.2) is 23.1 Å². The summed E-state index contributed by atoms with van der Waals surface area (Å²) in [4.78, 5) is 1.68. The Morgan fingerprint density at radius 3 is 2.35 bits per heavy atom. The highest BCUT2D eigenvalue weighted by molar-refractivity contribution is 8.04. The molecule has 0 radical (unpaired) electrons. The van der Waals surface area contributed by atoms with Crippen LogP contribution in [0.1, 0.15) is 87.0 Å². The fourth-order valence-corrected chi connectivity index (χ4v) is 9.08. The zero-order valence-electron chi connectivity index (χ0n) is 18.4. The lowest BCUT2D eigenvalue weighted by molar-refractivity contribution is 0.0369. The van der Waals surface area contributed by atoms with E-state index in [1.54, 1.807) is 4.91 Å². The van der Waals surface area contributed by atoms with Crippen LogP contribution in [0, 0.1) is 40.4 Å². The molecule has 0 aromatic heterocycles. The molecule has 1 heteroatoms. The average molecular weight is 375 g/mol. The van der Waals surface area contributed by atoms with Crippen molar-refractivity contribution < 1.29 is 0 Å². The Bertz CT molecular complexity index is 573. The monoisotopic (exact) mass is 374 g/mol. The Kier molecular flexibility index (Phi) is 5.80. The molecule has 3 aliphatic carbocycles. The summed E-state index contributed by atoms with van der Waals surface area (Å²) in [7, 11) is 0. The molecule has 8 unspecified atom stereocenters. The van der Waals surface area contributed by atoms with Crippen LogP contribution in [0.4, 0.5) is 0 Å². The first kappa shape index (κ1) is 20.6. The Hall–Kier alpha value is -0.170. The lowest BCUT2D eigenvalue weighted by Gasteiger charge is -2.49. The Morgan fingerprint density at radius 2 is 1.73 bits per heavy atom. The van der Waals surface area contributed by atoms with Gasteiger partial charge in [-0.1, -0.05) is 73.5 Å². The fourth-order valence-electron chi connectivity index (χ4n) is 6.72. The van der Waals surface area contributed by atoms with E-state index >= 15 is 0 Å². The molecule has 0 N–H and O–H groups in total. The van der Waals surface area contributed by atoms with Crippen molar-refractivity contribution in [2.75, 3.05) is 0 Å². The summed E-state index contributed by atoms with van der Waals surface area (Å²) < 4.78 is 0. The SMILES string of the molecule is C=C1C=C2SC3C(CCC4(C)C(C)C(C)C(C)C34)C2(C)CC1.CCCC. The third kappa shape index (κ3) is 2.96. The van der Waals surface area contributed by atoms with Gasteiger partial charge in [0, 0.05) is 10.7 Å². The first-order valence-corrected chi connectivity index (χ1v) is 12.1. The van der Waals surface area contributed by atoms with Gasteiger partial charge in [0.05, 0.1) is 0 Å². The maximum absolute atomic E-state index is 4.25. The van der Waals surface area contributed by atoms with Crippen molar-refractivity contribution in [2.45, 2.75) is 92.2 Å². The molecular formula is C25H42S. The van der Waals surface area contributed by atoms with Gasteiger partial charge >= 0.3 is 0 Å². The maximum Gasteiger partial charge on any atom is 0.0164 e. The predicted molar refractivity (Wildman–Crippen MR) is 118 cm³/mol. The van der Waals surface area contributed by atoms with Gasteiger partial charge in [0.1, 0.15) is 0 Å². The summed E-state index contributed by atoms with van der Waals surface area (Å²) >= 11 is 2.26. The minimum absolute atomic E-state index is 0.465. The quantitative estimate of drug-likeness (QED) is 0.446. The standard InChI is InChI=1S/C21H32S.C4H10/c1-12-7-9-21(6)16-8-10-20(5)15(4)13(2)14(3)18(20)19(16)22-17(21)11-12;1-3-4-2/h11,13-16,18-19H,1,7-10H2,2-6H3;3-4H2,1-2H3. The molecule has 8 atom stereocenters. The van der Waals surface area contributed by atoms with Crippen molar-refractivity contribution in [1.82, 2.24) is 0 Å². The van der Waals surface area contributed by atoms with Crippen molar-refractivity contribution in [2.24, 2.45) is 40.4 Å². The van der Waals surface area contributed by atoms with Crippen LogP contribution in [0.2, 0.25) is 0 Å². The van der Waals surface area contributed by atoms with Gasteiger partial charge in [0.25, 0.3) is 0 Å². The Morgan fingerprint density at radius 1 is 1.08 bits per heavy atom. The van der Waals surface area contributed by atoms with E-state index in [-0.39, 0.29) is 0 Å². The Balaban J connectivity index is 0.000000447. The van der Waals surface area contributed by atoms with Crippen LogP contribution < -0.4 is 0 Å². The van der Waals surface area contributed by atoms with Gasteiger partial charge in [-0.25, -0.2) is 0 Å². The van der Waals surface area contributed by atoms with Crippen molar-refractivity contribution >= 4 is 11.8 Å². The number of unbranched alkanes of at least 4 members (excludes halogenated alkanes) is 1. The summed E-state index contributed by atoms with van der Waals surface area (Å²) in [6.45, 7) is 21.4. The highest BCUT2D eigenvalue weighted by Gasteiger charge is 2.63. The van der Waals surface area contributed by atoms with Crippen LogP contribution in [0.5, 0.6) is 0 Å². The normalized spacial score (nSPS) is 49.5.